The summed E-state index contributed by atoms with van der Waals surface area (Å²) in [5, 5.41) is 4.35. The fraction of sp³-hybridized carbons (Fsp3) is 0.273. The van der Waals surface area contributed by atoms with Gasteiger partial charge in [0.05, 0.1) is 17.1 Å². The normalized spacial score (nSPS) is 11.9. The van der Waals surface area contributed by atoms with Crippen molar-refractivity contribution in [1.82, 2.24) is 14.8 Å². The lowest BCUT2D eigenvalue weighted by molar-refractivity contribution is -0.137. The molecule has 0 aliphatic rings. The van der Waals surface area contributed by atoms with Crippen molar-refractivity contribution in [2.45, 2.75) is 19.0 Å². The summed E-state index contributed by atoms with van der Waals surface area (Å²) in [4.78, 5) is 3.72. The molecule has 0 aromatic carbocycles. The maximum atomic E-state index is 12.4. The summed E-state index contributed by atoms with van der Waals surface area (Å²) < 4.78 is 38.5. The van der Waals surface area contributed by atoms with E-state index in [4.69, 9.17) is 23.2 Å². The average Bonchev–Trinajstić information content (AvgIpc) is 2.63. The molecule has 2 aromatic heterocycles. The van der Waals surface area contributed by atoms with Crippen LogP contribution in [0.1, 0.15) is 16.8 Å². The van der Waals surface area contributed by atoms with Gasteiger partial charge in [-0.25, -0.2) is 9.67 Å². The number of pyridine rings is 1. The van der Waals surface area contributed by atoms with Gasteiger partial charge >= 0.3 is 6.18 Å². The smallest absolute Gasteiger partial charge is 0.236 e. The van der Waals surface area contributed by atoms with Crippen molar-refractivity contribution in [3.63, 3.8) is 0 Å². The van der Waals surface area contributed by atoms with Gasteiger partial charge in [0, 0.05) is 11.8 Å². The summed E-state index contributed by atoms with van der Waals surface area (Å²) in [5.41, 5.74) is 0.417. The molecule has 0 saturated carbocycles. The highest BCUT2D eigenvalue weighted by Crippen LogP contribution is 2.29. The fourth-order valence-electron chi connectivity index (χ4n) is 1.51. The Morgan fingerprint density at radius 1 is 1.32 bits per heavy atom. The van der Waals surface area contributed by atoms with Crippen LogP contribution in [0.3, 0.4) is 0 Å². The third kappa shape index (κ3) is 2.69. The van der Waals surface area contributed by atoms with Gasteiger partial charge in [-0.3, -0.25) is 0 Å². The Balaban J connectivity index is 2.43. The molecule has 0 aliphatic heterocycles. The number of hydrogen-bond donors (Lipinski definition) is 0. The van der Waals surface area contributed by atoms with E-state index in [1.54, 1.807) is 6.92 Å². The van der Waals surface area contributed by atoms with Crippen molar-refractivity contribution in [3.8, 4) is 5.82 Å². The van der Waals surface area contributed by atoms with Gasteiger partial charge in [-0.15, -0.1) is 11.6 Å². The van der Waals surface area contributed by atoms with E-state index in [0.29, 0.717) is 11.3 Å². The standard InChI is InChI=1S/C11H8Cl2F3N3/c1-6-8(4-12)10(13)19(18-6)9-3-2-7(5-17-9)11(14,15)16/h2-3,5H,4H2,1H3. The Labute approximate surface area is 117 Å². The van der Waals surface area contributed by atoms with Crippen LogP contribution in [0.25, 0.3) is 5.82 Å². The minimum atomic E-state index is -4.42. The predicted molar refractivity (Wildman–Crippen MR) is 65.7 cm³/mol. The van der Waals surface area contributed by atoms with Gasteiger partial charge in [0.1, 0.15) is 5.15 Å². The average molecular weight is 310 g/mol. The first kappa shape index (κ1) is 14.1. The maximum Gasteiger partial charge on any atom is 0.417 e. The zero-order valence-electron chi connectivity index (χ0n) is 9.67. The molecule has 8 heteroatoms. The van der Waals surface area contributed by atoms with Gasteiger partial charge < -0.3 is 0 Å². The molecule has 0 unspecified atom stereocenters. The molecule has 0 fully saturated rings. The quantitative estimate of drug-likeness (QED) is 0.785. The van der Waals surface area contributed by atoms with Crippen LogP contribution in [0.4, 0.5) is 13.2 Å². The molecule has 0 saturated heterocycles. The van der Waals surface area contributed by atoms with E-state index in [1.807, 2.05) is 0 Å². The van der Waals surface area contributed by atoms with E-state index in [1.165, 1.54) is 10.7 Å². The van der Waals surface area contributed by atoms with Crippen molar-refractivity contribution in [3.05, 3.63) is 40.3 Å². The summed E-state index contributed by atoms with van der Waals surface area (Å²) in [6.07, 6.45) is -3.68. The highest BCUT2D eigenvalue weighted by atomic mass is 35.5. The lowest BCUT2D eigenvalue weighted by Gasteiger charge is -2.07. The number of alkyl halides is 4. The number of rotatable bonds is 2. The largest absolute Gasteiger partial charge is 0.417 e. The van der Waals surface area contributed by atoms with Crippen molar-refractivity contribution < 1.29 is 13.2 Å². The fourth-order valence-corrected chi connectivity index (χ4v) is 2.23. The molecule has 0 N–H and O–H groups in total. The summed E-state index contributed by atoms with van der Waals surface area (Å²) in [6, 6.07) is 2.13. The lowest BCUT2D eigenvalue weighted by Crippen LogP contribution is -2.07. The Morgan fingerprint density at radius 2 is 2.00 bits per heavy atom. The Hall–Kier alpha value is -1.27. The van der Waals surface area contributed by atoms with Gasteiger partial charge in [-0.2, -0.15) is 18.3 Å². The minimum absolute atomic E-state index is 0.172. The first-order valence-electron chi connectivity index (χ1n) is 5.18. The van der Waals surface area contributed by atoms with Gasteiger partial charge in [0.2, 0.25) is 0 Å². The molecule has 19 heavy (non-hydrogen) atoms. The van der Waals surface area contributed by atoms with Crippen molar-refractivity contribution in [2.24, 2.45) is 0 Å². The van der Waals surface area contributed by atoms with E-state index in [2.05, 4.69) is 10.1 Å². The molecule has 0 bridgehead atoms. The topological polar surface area (TPSA) is 30.7 Å². The van der Waals surface area contributed by atoms with E-state index in [-0.39, 0.29) is 16.9 Å². The summed E-state index contributed by atoms with van der Waals surface area (Å²) >= 11 is 11.8. The molecule has 2 heterocycles. The second kappa shape index (κ2) is 5.02. The molecular formula is C11H8Cl2F3N3. The molecule has 0 atom stereocenters. The van der Waals surface area contributed by atoms with Gasteiger partial charge in [0.15, 0.2) is 5.82 Å². The maximum absolute atomic E-state index is 12.4. The Kier molecular flexibility index (Phi) is 3.73. The zero-order chi connectivity index (χ0) is 14.2. The van der Waals surface area contributed by atoms with Gasteiger partial charge in [0.25, 0.3) is 0 Å². The van der Waals surface area contributed by atoms with Crippen LogP contribution in [0, 0.1) is 6.92 Å². The van der Waals surface area contributed by atoms with Crippen LogP contribution in [0.15, 0.2) is 18.3 Å². The van der Waals surface area contributed by atoms with Crippen molar-refractivity contribution in [1.29, 1.82) is 0 Å². The monoisotopic (exact) mass is 309 g/mol. The molecule has 0 spiro atoms. The minimum Gasteiger partial charge on any atom is -0.236 e. The van der Waals surface area contributed by atoms with Crippen LogP contribution in [0.5, 0.6) is 0 Å². The second-order valence-electron chi connectivity index (χ2n) is 3.80. The predicted octanol–water partition coefficient (Wildman–Crippen LogP) is 3.99. The molecule has 3 nitrogen and oxygen atoms in total. The molecule has 102 valence electrons. The van der Waals surface area contributed by atoms with Crippen LogP contribution >= 0.6 is 23.2 Å². The van der Waals surface area contributed by atoms with Gasteiger partial charge in [-0.05, 0) is 19.1 Å². The van der Waals surface area contributed by atoms with E-state index >= 15 is 0 Å². The van der Waals surface area contributed by atoms with Gasteiger partial charge in [-0.1, -0.05) is 11.6 Å². The van der Waals surface area contributed by atoms with Crippen LogP contribution in [-0.2, 0) is 12.1 Å². The molecule has 0 radical (unpaired) electrons. The Bertz CT molecular complexity index is 590. The molecule has 2 aromatic rings. The number of hydrogen-bond acceptors (Lipinski definition) is 2. The van der Waals surface area contributed by atoms with Crippen molar-refractivity contribution in [2.75, 3.05) is 0 Å². The highest BCUT2D eigenvalue weighted by molar-refractivity contribution is 6.31. The van der Waals surface area contributed by atoms with Crippen LogP contribution in [-0.4, -0.2) is 14.8 Å². The summed E-state index contributed by atoms with van der Waals surface area (Å²) in [5.74, 6) is 0.378. The molecule has 0 aliphatic carbocycles. The van der Waals surface area contributed by atoms with Crippen LogP contribution < -0.4 is 0 Å². The first-order chi connectivity index (χ1) is 8.84. The Morgan fingerprint density at radius 3 is 2.42 bits per heavy atom. The number of aromatic nitrogens is 3. The lowest BCUT2D eigenvalue weighted by atomic mass is 10.3. The number of nitrogens with zero attached hydrogens (tertiary/aromatic N) is 3. The number of aryl methyl sites for hydroxylation is 1. The molecule has 0 amide bonds. The molecular weight excluding hydrogens is 302 g/mol. The third-order valence-electron chi connectivity index (χ3n) is 2.55. The summed E-state index contributed by atoms with van der Waals surface area (Å²) in [7, 11) is 0. The summed E-state index contributed by atoms with van der Waals surface area (Å²) in [6.45, 7) is 1.71. The zero-order valence-corrected chi connectivity index (χ0v) is 11.2. The second-order valence-corrected chi connectivity index (χ2v) is 4.43. The molecule has 2 rings (SSSR count). The van der Waals surface area contributed by atoms with E-state index in [9.17, 15) is 13.2 Å². The number of halogens is 5. The van der Waals surface area contributed by atoms with E-state index < -0.39 is 11.7 Å². The van der Waals surface area contributed by atoms with Crippen molar-refractivity contribution >= 4 is 23.2 Å². The van der Waals surface area contributed by atoms with E-state index in [0.717, 1.165) is 12.3 Å². The van der Waals surface area contributed by atoms with Crippen LogP contribution in [0.2, 0.25) is 5.15 Å². The first-order valence-corrected chi connectivity index (χ1v) is 6.09. The third-order valence-corrected chi connectivity index (χ3v) is 3.20. The SMILES string of the molecule is Cc1nn(-c2ccc(C(F)(F)F)cn2)c(Cl)c1CCl. The highest BCUT2D eigenvalue weighted by Gasteiger charge is 2.30.